The van der Waals surface area contributed by atoms with Gasteiger partial charge < -0.3 is 4.42 Å². The van der Waals surface area contributed by atoms with E-state index in [0.29, 0.717) is 0 Å². The Morgan fingerprint density at radius 2 is 2.36 bits per heavy atom. The lowest BCUT2D eigenvalue weighted by Gasteiger charge is -2.13. The van der Waals surface area contributed by atoms with E-state index in [4.69, 9.17) is 10.3 Å². The highest BCUT2D eigenvalue weighted by molar-refractivity contribution is 7.08. The summed E-state index contributed by atoms with van der Waals surface area (Å²) in [5.41, 5.74) is 5.05. The second-order valence-electron chi connectivity index (χ2n) is 3.09. The number of nitrogens with two attached hydrogens (primary N) is 1. The quantitative estimate of drug-likeness (QED) is 0.600. The molecule has 2 aromatic heterocycles. The Labute approximate surface area is 86.5 Å². The first kappa shape index (κ1) is 9.45. The van der Waals surface area contributed by atoms with E-state index in [0.717, 1.165) is 11.3 Å². The molecule has 14 heavy (non-hydrogen) atoms. The predicted octanol–water partition coefficient (Wildman–Crippen LogP) is 2.20. The van der Waals surface area contributed by atoms with Gasteiger partial charge in [-0.1, -0.05) is 0 Å². The molecular weight excluding hydrogens is 196 g/mol. The molecule has 4 heteroatoms. The molecule has 1 unspecified atom stereocenters. The Hall–Kier alpha value is -1.10. The lowest BCUT2D eigenvalue weighted by Crippen LogP contribution is -2.28. The van der Waals surface area contributed by atoms with Crippen LogP contribution in [0.15, 0.2) is 33.6 Å². The molecule has 0 aliphatic rings. The molecule has 1 atom stereocenters. The maximum Gasteiger partial charge on any atom is 0.105 e. The van der Waals surface area contributed by atoms with Crippen molar-refractivity contribution in [2.75, 3.05) is 0 Å². The van der Waals surface area contributed by atoms with Crippen molar-refractivity contribution in [2.45, 2.75) is 13.0 Å². The molecule has 0 fully saturated rings. The maximum absolute atomic E-state index is 5.54. The fraction of sp³-hybridized carbons (Fsp3) is 0.200. The molecule has 0 amide bonds. The van der Waals surface area contributed by atoms with Gasteiger partial charge in [0.25, 0.3) is 0 Å². The fourth-order valence-electron chi connectivity index (χ4n) is 1.50. The topological polar surface area (TPSA) is 51.2 Å². The molecule has 0 radical (unpaired) electrons. The molecule has 3 N–H and O–H groups in total. The first-order valence-corrected chi connectivity index (χ1v) is 5.29. The second-order valence-corrected chi connectivity index (χ2v) is 3.87. The van der Waals surface area contributed by atoms with E-state index in [9.17, 15) is 0 Å². The van der Waals surface area contributed by atoms with Crippen LogP contribution in [0.1, 0.15) is 22.9 Å². The molecule has 0 spiro atoms. The Kier molecular flexibility index (Phi) is 2.67. The molecule has 2 aromatic rings. The minimum Gasteiger partial charge on any atom is -0.469 e. The minimum absolute atomic E-state index is 0.0278. The van der Waals surface area contributed by atoms with Gasteiger partial charge in [0.2, 0.25) is 0 Å². The molecule has 2 heterocycles. The predicted molar refractivity (Wildman–Crippen MR) is 56.9 cm³/mol. The number of thiophene rings is 1. The first-order valence-electron chi connectivity index (χ1n) is 4.35. The van der Waals surface area contributed by atoms with Gasteiger partial charge >= 0.3 is 0 Å². The van der Waals surface area contributed by atoms with Crippen molar-refractivity contribution >= 4 is 11.3 Å². The Balaban J connectivity index is 2.36. The minimum atomic E-state index is 0.0278. The smallest absolute Gasteiger partial charge is 0.105 e. The standard InChI is InChI=1S/C10H12N2OS/c1-7-9(2-4-13-7)10(12-11)8-3-5-14-6-8/h2-6,10,12H,11H2,1H3. The number of nitrogens with one attached hydrogen (secondary N) is 1. The average Bonchev–Trinajstić information content (AvgIpc) is 2.80. The summed E-state index contributed by atoms with van der Waals surface area (Å²) in [7, 11) is 0. The molecule has 2 rings (SSSR count). The molecule has 0 bridgehead atoms. The molecular formula is C10H12N2OS. The van der Waals surface area contributed by atoms with E-state index in [1.54, 1.807) is 17.6 Å². The summed E-state index contributed by atoms with van der Waals surface area (Å²) < 4.78 is 5.25. The van der Waals surface area contributed by atoms with Gasteiger partial charge in [0.1, 0.15) is 5.76 Å². The van der Waals surface area contributed by atoms with Crippen LogP contribution in [0, 0.1) is 6.92 Å². The van der Waals surface area contributed by atoms with E-state index < -0.39 is 0 Å². The van der Waals surface area contributed by atoms with Crippen LogP contribution in [0.25, 0.3) is 0 Å². The van der Waals surface area contributed by atoms with Crippen LogP contribution in [-0.4, -0.2) is 0 Å². The van der Waals surface area contributed by atoms with E-state index in [1.165, 1.54) is 5.56 Å². The van der Waals surface area contributed by atoms with Crippen molar-refractivity contribution in [3.63, 3.8) is 0 Å². The largest absolute Gasteiger partial charge is 0.469 e. The number of hydrogen-bond acceptors (Lipinski definition) is 4. The summed E-state index contributed by atoms with van der Waals surface area (Å²) >= 11 is 1.66. The highest BCUT2D eigenvalue weighted by Gasteiger charge is 2.16. The summed E-state index contributed by atoms with van der Waals surface area (Å²) in [5.74, 6) is 6.44. The zero-order chi connectivity index (χ0) is 9.97. The van der Waals surface area contributed by atoms with Crippen LogP contribution >= 0.6 is 11.3 Å². The third-order valence-corrected chi connectivity index (χ3v) is 2.95. The van der Waals surface area contributed by atoms with E-state index in [1.807, 2.05) is 18.4 Å². The molecule has 0 saturated heterocycles. The summed E-state index contributed by atoms with van der Waals surface area (Å²) in [5, 5.41) is 4.12. The van der Waals surface area contributed by atoms with E-state index >= 15 is 0 Å². The molecule has 74 valence electrons. The van der Waals surface area contributed by atoms with Crippen molar-refractivity contribution in [3.8, 4) is 0 Å². The lowest BCUT2D eigenvalue weighted by molar-refractivity contribution is 0.520. The normalized spacial score (nSPS) is 13.0. The SMILES string of the molecule is Cc1occc1C(NN)c1ccsc1. The molecule has 0 saturated carbocycles. The van der Waals surface area contributed by atoms with E-state index in [2.05, 4.69) is 16.9 Å². The summed E-state index contributed by atoms with van der Waals surface area (Å²) in [6.07, 6.45) is 1.68. The third kappa shape index (κ3) is 1.59. The summed E-state index contributed by atoms with van der Waals surface area (Å²) in [4.78, 5) is 0. The van der Waals surface area contributed by atoms with Crippen LogP contribution in [-0.2, 0) is 0 Å². The van der Waals surface area contributed by atoms with Crippen LogP contribution in [0.4, 0.5) is 0 Å². The zero-order valence-corrected chi connectivity index (χ0v) is 8.67. The molecule has 3 nitrogen and oxygen atoms in total. The van der Waals surface area contributed by atoms with Crippen LogP contribution in [0.3, 0.4) is 0 Å². The second kappa shape index (κ2) is 3.96. The Morgan fingerprint density at radius 1 is 1.50 bits per heavy atom. The Morgan fingerprint density at radius 3 is 2.86 bits per heavy atom. The highest BCUT2D eigenvalue weighted by atomic mass is 32.1. The summed E-state index contributed by atoms with van der Waals surface area (Å²) in [6.45, 7) is 1.94. The lowest BCUT2D eigenvalue weighted by atomic mass is 10.0. The van der Waals surface area contributed by atoms with Crippen LogP contribution in [0.2, 0.25) is 0 Å². The molecule has 0 aliphatic heterocycles. The highest BCUT2D eigenvalue weighted by Crippen LogP contribution is 2.26. The van der Waals surface area contributed by atoms with Crippen molar-refractivity contribution in [2.24, 2.45) is 5.84 Å². The maximum atomic E-state index is 5.54. The zero-order valence-electron chi connectivity index (χ0n) is 7.86. The van der Waals surface area contributed by atoms with Gasteiger partial charge in [0.05, 0.1) is 12.3 Å². The van der Waals surface area contributed by atoms with Crippen LogP contribution < -0.4 is 11.3 Å². The van der Waals surface area contributed by atoms with Gasteiger partial charge in [-0.2, -0.15) is 11.3 Å². The van der Waals surface area contributed by atoms with Gasteiger partial charge in [0.15, 0.2) is 0 Å². The fourth-order valence-corrected chi connectivity index (χ4v) is 2.19. The van der Waals surface area contributed by atoms with Gasteiger partial charge in [-0.25, -0.2) is 5.43 Å². The first-order chi connectivity index (χ1) is 6.83. The third-order valence-electron chi connectivity index (χ3n) is 2.25. The van der Waals surface area contributed by atoms with Crippen molar-refractivity contribution < 1.29 is 4.42 Å². The van der Waals surface area contributed by atoms with Crippen molar-refractivity contribution in [1.82, 2.24) is 5.43 Å². The number of rotatable bonds is 3. The number of furan rings is 1. The summed E-state index contributed by atoms with van der Waals surface area (Å²) in [6, 6.07) is 4.03. The van der Waals surface area contributed by atoms with Gasteiger partial charge in [-0.15, -0.1) is 0 Å². The average molecular weight is 208 g/mol. The Bertz CT molecular complexity index is 394. The van der Waals surface area contributed by atoms with Gasteiger partial charge in [-0.3, -0.25) is 5.84 Å². The van der Waals surface area contributed by atoms with Gasteiger partial charge in [0, 0.05) is 5.56 Å². The van der Waals surface area contributed by atoms with Crippen LogP contribution in [0.5, 0.6) is 0 Å². The van der Waals surface area contributed by atoms with E-state index in [-0.39, 0.29) is 6.04 Å². The number of hydrazine groups is 1. The van der Waals surface area contributed by atoms with Gasteiger partial charge in [-0.05, 0) is 35.4 Å². The van der Waals surface area contributed by atoms with Crippen molar-refractivity contribution in [1.29, 1.82) is 0 Å². The van der Waals surface area contributed by atoms with Crippen molar-refractivity contribution in [3.05, 3.63) is 46.0 Å². The monoisotopic (exact) mass is 208 g/mol. The molecule has 0 aliphatic carbocycles. The molecule has 0 aromatic carbocycles. The number of aryl methyl sites for hydroxylation is 1. The number of hydrogen-bond donors (Lipinski definition) is 2.